The van der Waals surface area contributed by atoms with Gasteiger partial charge in [0.2, 0.25) is 5.76 Å². The molecular formula is C27H23FN2O5. The van der Waals surface area contributed by atoms with Crippen LogP contribution >= 0.6 is 0 Å². The van der Waals surface area contributed by atoms with Gasteiger partial charge < -0.3 is 24.1 Å². The number of furan rings is 1. The summed E-state index contributed by atoms with van der Waals surface area (Å²) in [6.45, 7) is 1.96. The van der Waals surface area contributed by atoms with Gasteiger partial charge in [-0.25, -0.2) is 4.39 Å². The zero-order valence-electron chi connectivity index (χ0n) is 18.8. The maximum absolute atomic E-state index is 13.4. The molecule has 1 saturated heterocycles. The number of carbonyl (C=O) groups is 2. The summed E-state index contributed by atoms with van der Waals surface area (Å²) >= 11 is 0. The Balaban J connectivity index is 1.42. The first-order valence-corrected chi connectivity index (χ1v) is 11.3. The highest BCUT2D eigenvalue weighted by Crippen LogP contribution is 2.33. The molecule has 8 heteroatoms. The SMILES string of the molecule is O=C(Nc1c(C(=O)N2CCOCC2)oc2ccccc12)c1ccccc1OCc1ccc(F)cc1. The van der Waals surface area contributed by atoms with Crippen LogP contribution in [0.5, 0.6) is 5.75 Å². The molecule has 178 valence electrons. The minimum Gasteiger partial charge on any atom is -0.488 e. The minimum atomic E-state index is -0.442. The fraction of sp³-hybridized carbons (Fsp3) is 0.185. The Hall–Kier alpha value is -4.17. The molecule has 0 saturated carbocycles. The molecule has 1 aliphatic rings. The number of fused-ring (bicyclic) bond motifs is 1. The Morgan fingerprint density at radius 2 is 1.66 bits per heavy atom. The summed E-state index contributed by atoms with van der Waals surface area (Å²) in [4.78, 5) is 28.2. The lowest BCUT2D eigenvalue weighted by atomic mass is 10.1. The van der Waals surface area contributed by atoms with Crippen molar-refractivity contribution >= 4 is 28.5 Å². The first-order chi connectivity index (χ1) is 17.1. The molecule has 2 amide bonds. The van der Waals surface area contributed by atoms with E-state index in [4.69, 9.17) is 13.9 Å². The summed E-state index contributed by atoms with van der Waals surface area (Å²) in [6, 6.07) is 19.9. The molecule has 35 heavy (non-hydrogen) atoms. The summed E-state index contributed by atoms with van der Waals surface area (Å²) in [5.41, 5.74) is 1.88. The Morgan fingerprint density at radius 1 is 0.943 bits per heavy atom. The van der Waals surface area contributed by atoms with Gasteiger partial charge in [-0.2, -0.15) is 0 Å². The van der Waals surface area contributed by atoms with E-state index < -0.39 is 5.91 Å². The first-order valence-electron chi connectivity index (χ1n) is 11.3. The van der Waals surface area contributed by atoms with Gasteiger partial charge in [0.1, 0.15) is 29.4 Å². The highest BCUT2D eigenvalue weighted by molar-refractivity contribution is 6.15. The maximum atomic E-state index is 13.4. The average molecular weight is 474 g/mol. The van der Waals surface area contributed by atoms with Crippen molar-refractivity contribution in [3.63, 3.8) is 0 Å². The van der Waals surface area contributed by atoms with Gasteiger partial charge in [-0.3, -0.25) is 9.59 Å². The summed E-state index contributed by atoms with van der Waals surface area (Å²) in [7, 11) is 0. The highest BCUT2D eigenvalue weighted by atomic mass is 19.1. The number of anilines is 1. The van der Waals surface area contributed by atoms with Crippen LogP contribution < -0.4 is 10.1 Å². The van der Waals surface area contributed by atoms with Crippen LogP contribution in [0.3, 0.4) is 0 Å². The molecule has 4 aromatic rings. The van der Waals surface area contributed by atoms with E-state index in [0.717, 1.165) is 5.56 Å². The molecule has 2 heterocycles. The molecular weight excluding hydrogens is 451 g/mol. The third-order valence-electron chi connectivity index (χ3n) is 5.77. The van der Waals surface area contributed by atoms with Crippen molar-refractivity contribution in [2.45, 2.75) is 6.61 Å². The third kappa shape index (κ3) is 4.88. The molecule has 1 N–H and O–H groups in total. The molecule has 0 bridgehead atoms. The van der Waals surface area contributed by atoms with Crippen LogP contribution in [-0.4, -0.2) is 43.0 Å². The maximum Gasteiger partial charge on any atom is 0.291 e. The second-order valence-corrected chi connectivity index (χ2v) is 8.07. The number of benzene rings is 3. The predicted octanol–water partition coefficient (Wildman–Crippen LogP) is 4.88. The molecule has 0 atom stereocenters. The lowest BCUT2D eigenvalue weighted by molar-refractivity contribution is 0.0285. The number of para-hydroxylation sites is 2. The largest absolute Gasteiger partial charge is 0.488 e. The molecule has 0 aliphatic carbocycles. The lowest BCUT2D eigenvalue weighted by Crippen LogP contribution is -2.40. The highest BCUT2D eigenvalue weighted by Gasteiger charge is 2.28. The van der Waals surface area contributed by atoms with Crippen molar-refractivity contribution < 1.29 is 27.9 Å². The van der Waals surface area contributed by atoms with Crippen molar-refractivity contribution in [1.29, 1.82) is 0 Å². The molecule has 0 spiro atoms. The second kappa shape index (κ2) is 9.99. The van der Waals surface area contributed by atoms with Crippen molar-refractivity contribution in [2.75, 3.05) is 31.6 Å². The monoisotopic (exact) mass is 474 g/mol. The Labute approximate surface area is 201 Å². The van der Waals surface area contributed by atoms with E-state index in [-0.39, 0.29) is 24.1 Å². The van der Waals surface area contributed by atoms with Crippen LogP contribution in [0.2, 0.25) is 0 Å². The van der Waals surface area contributed by atoms with Crippen molar-refractivity contribution in [3.8, 4) is 5.75 Å². The van der Waals surface area contributed by atoms with E-state index >= 15 is 0 Å². The zero-order valence-corrected chi connectivity index (χ0v) is 18.8. The van der Waals surface area contributed by atoms with Crippen LogP contribution in [0.1, 0.15) is 26.5 Å². The quantitative estimate of drug-likeness (QED) is 0.431. The van der Waals surface area contributed by atoms with Gasteiger partial charge in [0, 0.05) is 18.5 Å². The van der Waals surface area contributed by atoms with Crippen LogP contribution in [-0.2, 0) is 11.3 Å². The molecule has 3 aromatic carbocycles. The summed E-state index contributed by atoms with van der Waals surface area (Å²) in [5.74, 6) is -0.638. The van der Waals surface area contributed by atoms with Crippen LogP contribution in [0.15, 0.2) is 77.2 Å². The molecule has 1 aliphatic heterocycles. The smallest absolute Gasteiger partial charge is 0.291 e. The number of nitrogens with zero attached hydrogens (tertiary/aromatic N) is 1. The fourth-order valence-electron chi connectivity index (χ4n) is 3.93. The van der Waals surface area contributed by atoms with E-state index in [1.165, 1.54) is 12.1 Å². The number of morpholine rings is 1. The standard InChI is InChI=1S/C27H23FN2O5/c28-19-11-9-18(10-12-19)17-34-22-7-3-2-6-21(22)26(31)29-24-20-5-1-4-8-23(20)35-25(24)27(32)30-13-15-33-16-14-30/h1-12H,13-17H2,(H,29,31). The van der Waals surface area contributed by atoms with E-state index in [2.05, 4.69) is 5.32 Å². The lowest BCUT2D eigenvalue weighted by Gasteiger charge is -2.26. The van der Waals surface area contributed by atoms with E-state index in [9.17, 15) is 14.0 Å². The molecule has 5 rings (SSSR count). The number of carbonyl (C=O) groups excluding carboxylic acids is 2. The topological polar surface area (TPSA) is 81.0 Å². The summed E-state index contributed by atoms with van der Waals surface area (Å²) in [5, 5.41) is 3.50. The van der Waals surface area contributed by atoms with E-state index in [1.807, 2.05) is 6.07 Å². The van der Waals surface area contributed by atoms with Crippen molar-refractivity contribution in [1.82, 2.24) is 4.90 Å². The van der Waals surface area contributed by atoms with Crippen LogP contribution in [0.25, 0.3) is 11.0 Å². The number of halogens is 1. The number of hydrogen-bond acceptors (Lipinski definition) is 5. The Bertz CT molecular complexity index is 1360. The van der Waals surface area contributed by atoms with Gasteiger partial charge in [-0.1, -0.05) is 36.4 Å². The summed E-state index contributed by atoms with van der Waals surface area (Å²) in [6.07, 6.45) is 0. The Morgan fingerprint density at radius 3 is 2.46 bits per heavy atom. The van der Waals surface area contributed by atoms with Gasteiger partial charge in [-0.05, 0) is 42.0 Å². The molecule has 0 radical (unpaired) electrons. The van der Waals surface area contributed by atoms with Gasteiger partial charge in [0.15, 0.2) is 0 Å². The van der Waals surface area contributed by atoms with Gasteiger partial charge in [0.05, 0.1) is 18.8 Å². The van der Waals surface area contributed by atoms with Crippen LogP contribution in [0.4, 0.5) is 10.1 Å². The number of amides is 2. The molecule has 7 nitrogen and oxygen atoms in total. The number of ether oxygens (including phenoxy) is 2. The average Bonchev–Trinajstić information content (AvgIpc) is 3.27. The van der Waals surface area contributed by atoms with Crippen LogP contribution in [0, 0.1) is 5.82 Å². The number of nitrogens with one attached hydrogen (secondary N) is 1. The first kappa shape index (κ1) is 22.6. The zero-order chi connectivity index (χ0) is 24.2. The molecule has 1 fully saturated rings. The van der Waals surface area contributed by atoms with Gasteiger partial charge in [-0.15, -0.1) is 0 Å². The fourth-order valence-corrected chi connectivity index (χ4v) is 3.93. The Kier molecular flexibility index (Phi) is 6.45. The van der Waals surface area contributed by atoms with Crippen molar-refractivity contribution in [2.24, 2.45) is 0 Å². The second-order valence-electron chi connectivity index (χ2n) is 8.07. The molecule has 1 aromatic heterocycles. The van der Waals surface area contributed by atoms with E-state index in [1.54, 1.807) is 59.5 Å². The third-order valence-corrected chi connectivity index (χ3v) is 5.77. The predicted molar refractivity (Wildman–Crippen MR) is 128 cm³/mol. The van der Waals surface area contributed by atoms with Gasteiger partial charge >= 0.3 is 0 Å². The number of rotatable bonds is 6. The number of hydrogen-bond donors (Lipinski definition) is 1. The normalized spacial score (nSPS) is 13.6. The minimum absolute atomic E-state index is 0.0751. The van der Waals surface area contributed by atoms with Gasteiger partial charge in [0.25, 0.3) is 11.8 Å². The van der Waals surface area contributed by atoms with Crippen molar-refractivity contribution in [3.05, 3.63) is 95.5 Å². The molecule has 0 unspecified atom stereocenters. The van der Waals surface area contributed by atoms with E-state index in [0.29, 0.717) is 54.3 Å². The summed E-state index contributed by atoms with van der Waals surface area (Å²) < 4.78 is 30.3.